The van der Waals surface area contributed by atoms with E-state index in [2.05, 4.69) is 15.9 Å². The summed E-state index contributed by atoms with van der Waals surface area (Å²) < 4.78 is 6.09. The zero-order valence-electron chi connectivity index (χ0n) is 11.3. The van der Waals surface area contributed by atoms with Crippen LogP contribution in [0.3, 0.4) is 0 Å². The minimum absolute atomic E-state index is 0.0655. The van der Waals surface area contributed by atoms with Crippen LogP contribution in [0.2, 0.25) is 0 Å². The summed E-state index contributed by atoms with van der Waals surface area (Å²) in [5.41, 5.74) is 0.0655. The van der Waals surface area contributed by atoms with E-state index in [0.29, 0.717) is 17.0 Å². The lowest BCUT2D eigenvalue weighted by Gasteiger charge is -2.06. The second kappa shape index (κ2) is 7.33. The van der Waals surface area contributed by atoms with Crippen LogP contribution in [0, 0.1) is 0 Å². The van der Waals surface area contributed by atoms with Gasteiger partial charge in [-0.25, -0.2) is 4.79 Å². The number of thiophene rings is 1. The Bertz CT molecular complexity index is 674. The number of para-hydroxylation sites is 1. The minimum atomic E-state index is -0.627. The summed E-state index contributed by atoms with van der Waals surface area (Å²) in [6.07, 6.45) is 2.18. The molecule has 0 spiro atoms. The molecule has 0 aliphatic rings. The molecule has 2 rings (SSSR count). The van der Waals surface area contributed by atoms with E-state index < -0.39 is 5.97 Å². The van der Waals surface area contributed by atoms with Crippen LogP contribution >= 0.6 is 27.3 Å². The maximum absolute atomic E-state index is 12.4. The summed E-state index contributed by atoms with van der Waals surface area (Å²) in [5.74, 6) is -0.518. The summed E-state index contributed by atoms with van der Waals surface area (Å²) in [4.78, 5) is 25.1. The third kappa shape index (κ3) is 4.12. The number of ketones is 1. The second-order valence-electron chi connectivity index (χ2n) is 4.16. The van der Waals surface area contributed by atoms with Crippen LogP contribution in [0.4, 0.5) is 0 Å². The molecule has 5 heteroatoms. The molecular formula is C16H13BrO3S. The van der Waals surface area contributed by atoms with Gasteiger partial charge in [-0.15, -0.1) is 11.3 Å². The highest BCUT2D eigenvalue weighted by atomic mass is 79.9. The minimum Gasteiger partial charge on any atom is -0.423 e. The van der Waals surface area contributed by atoms with Gasteiger partial charge in [0.25, 0.3) is 0 Å². The molecule has 21 heavy (non-hydrogen) atoms. The highest BCUT2D eigenvalue weighted by molar-refractivity contribution is 9.11. The molecule has 0 aliphatic carbocycles. The van der Waals surface area contributed by atoms with E-state index in [9.17, 15) is 9.59 Å². The van der Waals surface area contributed by atoms with Crippen molar-refractivity contribution in [3.63, 3.8) is 0 Å². The van der Waals surface area contributed by atoms with Gasteiger partial charge in [0, 0.05) is 0 Å². The van der Waals surface area contributed by atoms with Crippen molar-refractivity contribution in [2.45, 2.75) is 13.3 Å². The SMILES string of the molecule is CCC=C(C(=O)Oc1ccccc1)C(=O)c1ccc(Br)s1. The van der Waals surface area contributed by atoms with Crippen molar-refractivity contribution in [2.75, 3.05) is 0 Å². The van der Waals surface area contributed by atoms with E-state index >= 15 is 0 Å². The summed E-state index contributed by atoms with van der Waals surface area (Å²) in [6, 6.07) is 12.2. The van der Waals surface area contributed by atoms with Gasteiger partial charge in [0.2, 0.25) is 5.78 Å². The molecule has 0 unspecified atom stereocenters. The van der Waals surface area contributed by atoms with Gasteiger partial charge in [-0.1, -0.05) is 31.2 Å². The van der Waals surface area contributed by atoms with E-state index in [1.807, 2.05) is 13.0 Å². The van der Waals surface area contributed by atoms with Crippen molar-refractivity contribution in [2.24, 2.45) is 0 Å². The molecule has 0 aliphatic heterocycles. The average Bonchev–Trinajstić information content (AvgIpc) is 2.91. The molecule has 0 fully saturated rings. The van der Waals surface area contributed by atoms with Crippen molar-refractivity contribution in [3.05, 3.63) is 62.8 Å². The first-order chi connectivity index (χ1) is 10.1. The Morgan fingerprint density at radius 2 is 1.90 bits per heavy atom. The fourth-order valence-corrected chi connectivity index (χ4v) is 3.03. The zero-order chi connectivity index (χ0) is 15.2. The Labute approximate surface area is 135 Å². The average molecular weight is 365 g/mol. The molecule has 0 atom stereocenters. The van der Waals surface area contributed by atoms with Gasteiger partial charge in [-0.05, 0) is 46.6 Å². The van der Waals surface area contributed by atoms with Gasteiger partial charge in [-0.3, -0.25) is 4.79 Å². The number of benzene rings is 1. The number of esters is 1. The quantitative estimate of drug-likeness (QED) is 0.194. The number of carbonyl (C=O) groups excluding carboxylic acids is 2. The zero-order valence-corrected chi connectivity index (χ0v) is 13.7. The third-order valence-electron chi connectivity index (χ3n) is 2.62. The van der Waals surface area contributed by atoms with Crippen LogP contribution in [-0.2, 0) is 4.79 Å². The van der Waals surface area contributed by atoms with Crippen molar-refractivity contribution in [1.82, 2.24) is 0 Å². The predicted octanol–water partition coefficient (Wildman–Crippen LogP) is 4.64. The molecule has 3 nitrogen and oxygen atoms in total. The molecule has 0 N–H and O–H groups in total. The topological polar surface area (TPSA) is 43.4 Å². The number of rotatable bonds is 5. The molecule has 0 saturated heterocycles. The first-order valence-corrected chi connectivity index (χ1v) is 8.00. The van der Waals surface area contributed by atoms with Gasteiger partial charge in [0.05, 0.1) is 8.66 Å². The molecule has 0 amide bonds. The van der Waals surface area contributed by atoms with Crippen molar-refractivity contribution < 1.29 is 14.3 Å². The lowest BCUT2D eigenvalue weighted by atomic mass is 10.1. The molecular weight excluding hydrogens is 352 g/mol. The molecule has 0 radical (unpaired) electrons. The highest BCUT2D eigenvalue weighted by Gasteiger charge is 2.22. The second-order valence-corrected chi connectivity index (χ2v) is 6.62. The van der Waals surface area contributed by atoms with Crippen LogP contribution in [0.1, 0.15) is 23.0 Å². The van der Waals surface area contributed by atoms with Gasteiger partial charge in [-0.2, -0.15) is 0 Å². The van der Waals surface area contributed by atoms with Crippen molar-refractivity contribution >= 4 is 39.0 Å². The number of allylic oxidation sites excluding steroid dienone is 1. The molecule has 0 bridgehead atoms. The smallest absolute Gasteiger partial charge is 0.347 e. The Kier molecular flexibility index (Phi) is 5.47. The number of hydrogen-bond acceptors (Lipinski definition) is 4. The number of hydrogen-bond donors (Lipinski definition) is 0. The lowest BCUT2D eigenvalue weighted by Crippen LogP contribution is -2.18. The largest absolute Gasteiger partial charge is 0.423 e. The summed E-state index contributed by atoms with van der Waals surface area (Å²) in [6.45, 7) is 1.87. The van der Waals surface area contributed by atoms with E-state index in [0.717, 1.165) is 3.79 Å². The first-order valence-electron chi connectivity index (χ1n) is 6.39. The Balaban J connectivity index is 2.21. The maximum atomic E-state index is 12.4. The number of carbonyl (C=O) groups is 2. The Morgan fingerprint density at radius 3 is 2.48 bits per heavy atom. The highest BCUT2D eigenvalue weighted by Crippen LogP contribution is 2.25. The fraction of sp³-hybridized carbons (Fsp3) is 0.125. The molecule has 1 aromatic heterocycles. The number of Topliss-reactive ketones (excluding diaryl/α,β-unsaturated/α-hetero) is 1. The van der Waals surface area contributed by atoms with Crippen molar-refractivity contribution in [1.29, 1.82) is 0 Å². The van der Waals surface area contributed by atoms with E-state index in [1.54, 1.807) is 42.5 Å². The van der Waals surface area contributed by atoms with E-state index in [1.165, 1.54) is 11.3 Å². The third-order valence-corrected chi connectivity index (χ3v) is 4.25. The van der Waals surface area contributed by atoms with Crippen molar-refractivity contribution in [3.8, 4) is 5.75 Å². The fourth-order valence-electron chi connectivity index (χ4n) is 1.69. The monoisotopic (exact) mass is 364 g/mol. The number of ether oxygens (including phenoxy) is 1. The Hall–Kier alpha value is -1.72. The van der Waals surface area contributed by atoms with Gasteiger partial charge in [0.15, 0.2) is 0 Å². The predicted molar refractivity (Wildman–Crippen MR) is 86.8 cm³/mol. The summed E-state index contributed by atoms with van der Waals surface area (Å²) in [5, 5.41) is 0. The standard InChI is InChI=1S/C16H13BrO3S/c1-2-6-12(15(18)13-9-10-14(17)21-13)16(19)20-11-7-4-3-5-8-11/h3-10H,2H2,1H3. The van der Waals surface area contributed by atoms with Crippen LogP contribution in [0.25, 0.3) is 0 Å². The molecule has 2 aromatic rings. The lowest BCUT2D eigenvalue weighted by molar-refractivity contribution is -0.129. The summed E-state index contributed by atoms with van der Waals surface area (Å²) in [7, 11) is 0. The van der Waals surface area contributed by atoms with Crippen LogP contribution in [0.5, 0.6) is 5.75 Å². The van der Waals surface area contributed by atoms with Crippen LogP contribution in [-0.4, -0.2) is 11.8 Å². The van der Waals surface area contributed by atoms with Gasteiger partial charge < -0.3 is 4.74 Å². The Morgan fingerprint density at radius 1 is 1.19 bits per heavy atom. The molecule has 108 valence electrons. The van der Waals surface area contributed by atoms with Gasteiger partial charge in [0.1, 0.15) is 11.3 Å². The van der Waals surface area contributed by atoms with Crippen LogP contribution in [0.15, 0.2) is 57.9 Å². The van der Waals surface area contributed by atoms with E-state index in [4.69, 9.17) is 4.74 Å². The molecule has 1 aromatic carbocycles. The maximum Gasteiger partial charge on any atom is 0.347 e. The van der Waals surface area contributed by atoms with Crippen LogP contribution < -0.4 is 4.74 Å². The van der Waals surface area contributed by atoms with E-state index in [-0.39, 0.29) is 11.4 Å². The molecule has 0 saturated carbocycles. The normalized spacial score (nSPS) is 11.2. The van der Waals surface area contributed by atoms with Gasteiger partial charge >= 0.3 is 5.97 Å². The number of halogens is 1. The molecule has 1 heterocycles. The summed E-state index contributed by atoms with van der Waals surface area (Å²) >= 11 is 4.60. The first kappa shape index (κ1) is 15.7.